The Morgan fingerprint density at radius 1 is 1.19 bits per heavy atom. The molecule has 0 fully saturated rings. The van der Waals surface area contributed by atoms with Crippen molar-refractivity contribution in [2.45, 2.75) is 34.1 Å². The van der Waals surface area contributed by atoms with Gasteiger partial charge >= 0.3 is 0 Å². The molecule has 2 rings (SSSR count). The minimum absolute atomic E-state index is 0.886. The number of thioether (sulfide) groups is 1. The van der Waals surface area contributed by atoms with Gasteiger partial charge in [0.05, 0.1) is 12.8 Å². The molecule has 0 saturated heterocycles. The first kappa shape index (κ1) is 17.6. The van der Waals surface area contributed by atoms with E-state index in [4.69, 9.17) is 4.74 Å². The Morgan fingerprint density at radius 3 is 2.29 bits per heavy atom. The summed E-state index contributed by atoms with van der Waals surface area (Å²) in [6.07, 6.45) is 3.23. The number of aliphatic imine (C=N–C) groups is 1. The Hall–Kier alpha value is -1.48. The number of ether oxygens (including phenoxy) is 1. The molecule has 1 aromatic rings. The summed E-state index contributed by atoms with van der Waals surface area (Å²) < 4.78 is 5.19. The van der Waals surface area contributed by atoms with Gasteiger partial charge in [0, 0.05) is 16.9 Å². The number of benzene rings is 1. The molecule has 0 bridgehead atoms. The zero-order valence-electron chi connectivity index (χ0n) is 13.9. The second-order valence-electron chi connectivity index (χ2n) is 4.41. The Morgan fingerprint density at radius 2 is 1.81 bits per heavy atom. The summed E-state index contributed by atoms with van der Waals surface area (Å²) in [5.74, 6) is 0.886. The average molecular weight is 303 g/mol. The SMILES string of the molecule is CC.CC/C(C)=C1/SC(c2ccc(OC)cc2)=CC1=NC. The van der Waals surface area contributed by atoms with Gasteiger partial charge in [-0.25, -0.2) is 0 Å². The molecule has 0 N–H and O–H groups in total. The third kappa shape index (κ3) is 4.24. The van der Waals surface area contributed by atoms with E-state index in [9.17, 15) is 0 Å². The van der Waals surface area contributed by atoms with Crippen molar-refractivity contribution in [2.75, 3.05) is 14.2 Å². The molecule has 1 aromatic carbocycles. The molecule has 3 heteroatoms. The molecule has 0 amide bonds. The van der Waals surface area contributed by atoms with Crippen LogP contribution < -0.4 is 4.74 Å². The quantitative estimate of drug-likeness (QED) is 0.728. The second-order valence-corrected chi connectivity index (χ2v) is 5.46. The molecule has 114 valence electrons. The van der Waals surface area contributed by atoms with E-state index in [0.29, 0.717) is 0 Å². The van der Waals surface area contributed by atoms with E-state index in [2.05, 4.69) is 37.0 Å². The maximum absolute atomic E-state index is 5.19. The lowest BCUT2D eigenvalue weighted by molar-refractivity contribution is 0.415. The van der Waals surface area contributed by atoms with Crippen LogP contribution in [0.1, 0.15) is 39.7 Å². The molecule has 0 atom stereocenters. The number of hydrogen-bond donors (Lipinski definition) is 0. The van der Waals surface area contributed by atoms with Crippen LogP contribution in [0.2, 0.25) is 0 Å². The summed E-state index contributed by atoms with van der Waals surface area (Å²) in [6, 6.07) is 8.17. The fourth-order valence-corrected chi connectivity index (χ4v) is 3.13. The maximum atomic E-state index is 5.19. The summed E-state index contributed by atoms with van der Waals surface area (Å²) >= 11 is 1.81. The molecule has 0 spiro atoms. The average Bonchev–Trinajstić information content (AvgIpc) is 3.00. The number of nitrogens with zero attached hydrogens (tertiary/aromatic N) is 1. The number of hydrogen-bond acceptors (Lipinski definition) is 3. The Bertz CT molecular complexity index is 553. The van der Waals surface area contributed by atoms with Crippen molar-refractivity contribution >= 4 is 22.4 Å². The van der Waals surface area contributed by atoms with Crippen LogP contribution in [0.5, 0.6) is 5.75 Å². The van der Waals surface area contributed by atoms with Gasteiger partial charge in [-0.2, -0.15) is 0 Å². The van der Waals surface area contributed by atoms with Gasteiger partial charge in [-0.15, -0.1) is 0 Å². The van der Waals surface area contributed by atoms with Crippen molar-refractivity contribution < 1.29 is 4.74 Å². The molecule has 2 nitrogen and oxygen atoms in total. The molecule has 1 aliphatic heterocycles. The van der Waals surface area contributed by atoms with Crippen molar-refractivity contribution in [3.05, 3.63) is 46.4 Å². The molecular weight excluding hydrogens is 278 g/mol. The number of methoxy groups -OCH3 is 1. The van der Waals surface area contributed by atoms with Crippen LogP contribution in [-0.2, 0) is 0 Å². The zero-order chi connectivity index (χ0) is 15.8. The fourth-order valence-electron chi connectivity index (χ4n) is 1.91. The highest BCUT2D eigenvalue weighted by molar-refractivity contribution is 8.13. The number of rotatable bonds is 3. The fraction of sp³-hybridized carbons (Fsp3) is 0.389. The van der Waals surface area contributed by atoms with Gasteiger partial charge in [0.15, 0.2) is 0 Å². The van der Waals surface area contributed by atoms with Crippen molar-refractivity contribution in [1.82, 2.24) is 0 Å². The summed E-state index contributed by atoms with van der Waals surface area (Å²) in [6.45, 7) is 8.36. The first-order valence-electron chi connectivity index (χ1n) is 7.40. The van der Waals surface area contributed by atoms with Gasteiger partial charge in [-0.1, -0.05) is 50.2 Å². The first-order chi connectivity index (χ1) is 10.2. The van der Waals surface area contributed by atoms with Crippen LogP contribution in [0.4, 0.5) is 0 Å². The van der Waals surface area contributed by atoms with Crippen LogP contribution in [0.25, 0.3) is 4.91 Å². The van der Waals surface area contributed by atoms with Gasteiger partial charge in [0.25, 0.3) is 0 Å². The summed E-state index contributed by atoms with van der Waals surface area (Å²) in [5.41, 5.74) is 3.70. The molecule has 0 radical (unpaired) electrons. The van der Waals surface area contributed by atoms with Crippen LogP contribution in [0, 0.1) is 0 Å². The van der Waals surface area contributed by atoms with E-state index in [1.165, 1.54) is 20.9 Å². The van der Waals surface area contributed by atoms with Gasteiger partial charge in [-0.05, 0) is 37.1 Å². The van der Waals surface area contributed by atoms with Gasteiger partial charge < -0.3 is 4.74 Å². The molecule has 1 aliphatic rings. The molecule has 0 saturated carbocycles. The molecule has 0 aliphatic carbocycles. The minimum atomic E-state index is 0.886. The third-order valence-electron chi connectivity index (χ3n) is 3.25. The minimum Gasteiger partial charge on any atom is -0.497 e. The molecule has 0 aromatic heterocycles. The highest BCUT2D eigenvalue weighted by atomic mass is 32.2. The van der Waals surface area contributed by atoms with Crippen molar-refractivity contribution in [1.29, 1.82) is 0 Å². The summed E-state index contributed by atoms with van der Waals surface area (Å²) in [5, 5.41) is 0. The highest BCUT2D eigenvalue weighted by Crippen LogP contribution is 2.42. The monoisotopic (exact) mass is 303 g/mol. The largest absolute Gasteiger partial charge is 0.497 e. The van der Waals surface area contributed by atoms with E-state index in [1.54, 1.807) is 7.11 Å². The van der Waals surface area contributed by atoms with E-state index in [-0.39, 0.29) is 0 Å². The molecule has 0 unspecified atom stereocenters. The topological polar surface area (TPSA) is 21.6 Å². The Kier molecular flexibility index (Phi) is 7.30. The summed E-state index contributed by atoms with van der Waals surface area (Å²) in [7, 11) is 3.54. The normalized spacial score (nSPS) is 18.0. The zero-order valence-corrected chi connectivity index (χ0v) is 14.7. The van der Waals surface area contributed by atoms with Crippen molar-refractivity contribution in [3.8, 4) is 5.75 Å². The predicted molar refractivity (Wildman–Crippen MR) is 96.3 cm³/mol. The predicted octanol–water partition coefficient (Wildman–Crippen LogP) is 5.56. The lowest BCUT2D eigenvalue weighted by atomic mass is 10.1. The third-order valence-corrected chi connectivity index (χ3v) is 4.58. The van der Waals surface area contributed by atoms with E-state index < -0.39 is 0 Å². The van der Waals surface area contributed by atoms with Crippen LogP contribution >= 0.6 is 11.8 Å². The van der Waals surface area contributed by atoms with E-state index in [1.807, 2.05) is 44.8 Å². The first-order valence-corrected chi connectivity index (χ1v) is 8.22. The maximum Gasteiger partial charge on any atom is 0.118 e. The second kappa shape index (κ2) is 8.73. The van der Waals surface area contributed by atoms with Crippen molar-refractivity contribution in [3.63, 3.8) is 0 Å². The van der Waals surface area contributed by atoms with E-state index >= 15 is 0 Å². The lowest BCUT2D eigenvalue weighted by Crippen LogP contribution is -1.93. The standard InChI is InChI=1S/C16H19NOS.C2H6/c1-5-11(2)16-14(17-3)10-15(19-16)12-6-8-13(18-4)9-7-12;1-2/h6-10H,5H2,1-4H3;1-2H3/b16-11+,17-14?;. The van der Waals surface area contributed by atoms with Crippen molar-refractivity contribution in [2.24, 2.45) is 4.99 Å². The Labute approximate surface area is 133 Å². The summed E-state index contributed by atoms with van der Waals surface area (Å²) in [4.78, 5) is 6.94. The van der Waals surface area contributed by atoms with Crippen LogP contribution in [-0.4, -0.2) is 19.9 Å². The van der Waals surface area contributed by atoms with Crippen LogP contribution in [0.15, 0.2) is 45.8 Å². The van der Waals surface area contributed by atoms with Gasteiger partial charge in [0.1, 0.15) is 5.75 Å². The van der Waals surface area contributed by atoms with E-state index in [0.717, 1.165) is 17.9 Å². The molecular formula is C18H25NOS. The number of allylic oxidation sites excluding steroid dienone is 3. The van der Waals surface area contributed by atoms with Crippen LogP contribution in [0.3, 0.4) is 0 Å². The smallest absolute Gasteiger partial charge is 0.118 e. The molecule has 1 heterocycles. The lowest BCUT2D eigenvalue weighted by Gasteiger charge is -2.06. The molecule has 21 heavy (non-hydrogen) atoms. The Balaban J connectivity index is 0.00000106. The van der Waals surface area contributed by atoms with Gasteiger partial charge in [-0.3, -0.25) is 4.99 Å². The van der Waals surface area contributed by atoms with Gasteiger partial charge in [0.2, 0.25) is 0 Å². The highest BCUT2D eigenvalue weighted by Gasteiger charge is 2.20.